The second-order valence-electron chi connectivity index (χ2n) is 5.42. The van der Waals surface area contributed by atoms with Gasteiger partial charge in [0.15, 0.2) is 0 Å². The molecule has 0 radical (unpaired) electrons. The van der Waals surface area contributed by atoms with E-state index in [0.717, 1.165) is 0 Å². The van der Waals surface area contributed by atoms with Gasteiger partial charge in [0.1, 0.15) is 0 Å². The number of carbonyl (C=O) groups is 2. The molecule has 1 rings (SSSR count). The van der Waals surface area contributed by atoms with Gasteiger partial charge in [-0.05, 0) is 12.8 Å². The molecule has 6 heteroatoms. The quantitative estimate of drug-likeness (QED) is 0.603. The van der Waals surface area contributed by atoms with Crippen LogP contribution in [0.1, 0.15) is 20.8 Å². The molecule has 1 fully saturated rings. The van der Waals surface area contributed by atoms with Crippen molar-refractivity contribution in [3.63, 3.8) is 0 Å². The lowest BCUT2D eigenvalue weighted by Gasteiger charge is -2.25. The van der Waals surface area contributed by atoms with E-state index in [1.54, 1.807) is 6.92 Å². The molecule has 0 aromatic heterocycles. The van der Waals surface area contributed by atoms with Crippen LogP contribution in [0.15, 0.2) is 0 Å². The van der Waals surface area contributed by atoms with Gasteiger partial charge in [0.25, 0.3) is 0 Å². The third kappa shape index (κ3) is 3.68. The van der Waals surface area contributed by atoms with E-state index in [2.05, 4.69) is 10.6 Å². The average molecular weight is 257 g/mol. The Morgan fingerprint density at radius 2 is 2.11 bits per heavy atom. The Labute approximate surface area is 108 Å². The number of ether oxygens (including phenoxy) is 1. The minimum Gasteiger partial charge on any atom is -0.379 e. The predicted molar refractivity (Wildman–Crippen MR) is 67.8 cm³/mol. The minimum absolute atomic E-state index is 0.0200. The van der Waals surface area contributed by atoms with Gasteiger partial charge in [-0.25, -0.2) is 0 Å². The number of hydrogen-bond acceptors (Lipinski definition) is 4. The van der Waals surface area contributed by atoms with Crippen molar-refractivity contribution >= 4 is 11.8 Å². The molecule has 0 aromatic carbocycles. The van der Waals surface area contributed by atoms with E-state index in [4.69, 9.17) is 10.5 Å². The van der Waals surface area contributed by atoms with E-state index in [1.807, 2.05) is 13.8 Å². The SMILES string of the molecule is CC(C)CNC(=O)CNC(=O)C1(C)COCC1N. The van der Waals surface area contributed by atoms with Gasteiger partial charge < -0.3 is 21.1 Å². The highest BCUT2D eigenvalue weighted by atomic mass is 16.5. The van der Waals surface area contributed by atoms with Crippen LogP contribution >= 0.6 is 0 Å². The summed E-state index contributed by atoms with van der Waals surface area (Å²) in [5.41, 5.74) is 5.09. The van der Waals surface area contributed by atoms with Gasteiger partial charge in [-0.15, -0.1) is 0 Å². The van der Waals surface area contributed by atoms with Gasteiger partial charge in [0.2, 0.25) is 11.8 Å². The molecule has 2 unspecified atom stereocenters. The molecule has 1 aliphatic rings. The number of rotatable bonds is 5. The summed E-state index contributed by atoms with van der Waals surface area (Å²) in [5, 5.41) is 5.34. The van der Waals surface area contributed by atoms with Crippen LogP contribution in [0.5, 0.6) is 0 Å². The molecule has 0 spiro atoms. The molecule has 0 saturated carbocycles. The molecule has 1 saturated heterocycles. The lowest BCUT2D eigenvalue weighted by Crippen LogP contribution is -2.51. The summed E-state index contributed by atoms with van der Waals surface area (Å²) < 4.78 is 5.19. The highest BCUT2D eigenvalue weighted by Crippen LogP contribution is 2.26. The maximum absolute atomic E-state index is 12.0. The maximum Gasteiger partial charge on any atom is 0.239 e. The van der Waals surface area contributed by atoms with E-state index in [-0.39, 0.29) is 24.4 Å². The summed E-state index contributed by atoms with van der Waals surface area (Å²) in [5.74, 6) is -0.0286. The molecule has 2 amide bonds. The van der Waals surface area contributed by atoms with Crippen molar-refractivity contribution in [2.24, 2.45) is 17.1 Å². The highest BCUT2D eigenvalue weighted by Gasteiger charge is 2.44. The van der Waals surface area contributed by atoms with E-state index < -0.39 is 5.41 Å². The lowest BCUT2D eigenvalue weighted by atomic mass is 9.85. The Morgan fingerprint density at radius 1 is 1.44 bits per heavy atom. The van der Waals surface area contributed by atoms with Gasteiger partial charge >= 0.3 is 0 Å². The fraction of sp³-hybridized carbons (Fsp3) is 0.833. The van der Waals surface area contributed by atoms with E-state index in [9.17, 15) is 9.59 Å². The van der Waals surface area contributed by atoms with E-state index in [1.165, 1.54) is 0 Å². The van der Waals surface area contributed by atoms with Crippen LogP contribution in [0.4, 0.5) is 0 Å². The van der Waals surface area contributed by atoms with Gasteiger partial charge in [-0.3, -0.25) is 9.59 Å². The first-order valence-electron chi connectivity index (χ1n) is 6.24. The number of hydrogen-bond donors (Lipinski definition) is 3. The van der Waals surface area contributed by atoms with Crippen LogP contribution in [0.2, 0.25) is 0 Å². The van der Waals surface area contributed by atoms with E-state index >= 15 is 0 Å². The second-order valence-corrected chi connectivity index (χ2v) is 5.42. The normalized spacial score (nSPS) is 27.3. The molecule has 1 aliphatic heterocycles. The average Bonchev–Trinajstić information content (AvgIpc) is 2.65. The first kappa shape index (κ1) is 14.9. The van der Waals surface area contributed by atoms with Crippen molar-refractivity contribution in [1.29, 1.82) is 0 Å². The highest BCUT2D eigenvalue weighted by molar-refractivity contribution is 5.88. The van der Waals surface area contributed by atoms with Crippen LogP contribution in [-0.4, -0.2) is 44.2 Å². The Bertz CT molecular complexity index is 320. The topological polar surface area (TPSA) is 93.5 Å². The zero-order chi connectivity index (χ0) is 13.8. The Morgan fingerprint density at radius 3 is 2.61 bits per heavy atom. The molecule has 4 N–H and O–H groups in total. The predicted octanol–water partition coefficient (Wildman–Crippen LogP) is -0.761. The first-order valence-corrected chi connectivity index (χ1v) is 6.24. The molecule has 0 bridgehead atoms. The number of nitrogens with one attached hydrogen (secondary N) is 2. The van der Waals surface area contributed by atoms with Crippen molar-refractivity contribution in [1.82, 2.24) is 10.6 Å². The molecule has 0 aliphatic carbocycles. The van der Waals surface area contributed by atoms with Gasteiger partial charge in [0.05, 0.1) is 25.2 Å². The zero-order valence-corrected chi connectivity index (χ0v) is 11.3. The molecular weight excluding hydrogens is 234 g/mol. The summed E-state index contributed by atoms with van der Waals surface area (Å²) in [4.78, 5) is 23.4. The maximum atomic E-state index is 12.0. The standard InChI is InChI=1S/C12H23N3O3/c1-8(2)4-14-10(16)5-15-11(17)12(3)7-18-6-9(12)13/h8-9H,4-7,13H2,1-3H3,(H,14,16)(H,15,17). The largest absolute Gasteiger partial charge is 0.379 e. The minimum atomic E-state index is -0.738. The van der Waals surface area contributed by atoms with Crippen molar-refractivity contribution < 1.29 is 14.3 Å². The van der Waals surface area contributed by atoms with Crippen LogP contribution in [0.3, 0.4) is 0 Å². The molecule has 6 nitrogen and oxygen atoms in total. The third-order valence-corrected chi connectivity index (χ3v) is 3.15. The second kappa shape index (κ2) is 6.15. The fourth-order valence-corrected chi connectivity index (χ4v) is 1.67. The first-order chi connectivity index (χ1) is 8.36. The van der Waals surface area contributed by atoms with Crippen molar-refractivity contribution in [3.05, 3.63) is 0 Å². The van der Waals surface area contributed by atoms with Crippen molar-refractivity contribution in [2.75, 3.05) is 26.3 Å². The summed E-state index contributed by atoms with van der Waals surface area (Å²) in [6.07, 6.45) is 0. The van der Waals surface area contributed by atoms with Crippen molar-refractivity contribution in [3.8, 4) is 0 Å². The van der Waals surface area contributed by atoms with Crippen LogP contribution in [-0.2, 0) is 14.3 Å². The molecular formula is C12H23N3O3. The van der Waals surface area contributed by atoms with Crippen LogP contribution < -0.4 is 16.4 Å². The van der Waals surface area contributed by atoms with E-state index in [0.29, 0.717) is 25.7 Å². The number of nitrogens with two attached hydrogens (primary N) is 1. The molecule has 0 aromatic rings. The Kier molecular flexibility index (Phi) is 5.10. The van der Waals surface area contributed by atoms with Crippen molar-refractivity contribution in [2.45, 2.75) is 26.8 Å². The fourth-order valence-electron chi connectivity index (χ4n) is 1.67. The molecule has 104 valence electrons. The zero-order valence-electron chi connectivity index (χ0n) is 11.3. The third-order valence-electron chi connectivity index (χ3n) is 3.15. The summed E-state index contributed by atoms with van der Waals surface area (Å²) >= 11 is 0. The summed E-state index contributed by atoms with van der Waals surface area (Å²) in [7, 11) is 0. The number of carbonyl (C=O) groups excluding carboxylic acids is 2. The summed E-state index contributed by atoms with van der Waals surface area (Å²) in [6, 6.07) is -0.323. The Hall–Kier alpha value is -1.14. The van der Waals surface area contributed by atoms with Gasteiger partial charge in [-0.1, -0.05) is 13.8 Å². The number of amides is 2. The monoisotopic (exact) mass is 257 g/mol. The molecule has 18 heavy (non-hydrogen) atoms. The Balaban J connectivity index is 2.35. The molecule has 1 heterocycles. The summed E-state index contributed by atoms with van der Waals surface area (Å²) in [6.45, 7) is 7.04. The smallest absolute Gasteiger partial charge is 0.239 e. The van der Waals surface area contributed by atoms with Gasteiger partial charge in [-0.2, -0.15) is 0 Å². The molecule has 2 atom stereocenters. The lowest BCUT2D eigenvalue weighted by molar-refractivity contribution is -0.133. The van der Waals surface area contributed by atoms with Crippen LogP contribution in [0, 0.1) is 11.3 Å². The van der Waals surface area contributed by atoms with Crippen LogP contribution in [0.25, 0.3) is 0 Å². The van der Waals surface area contributed by atoms with Gasteiger partial charge in [0, 0.05) is 12.6 Å².